The number of esters is 1. The predicted molar refractivity (Wildman–Crippen MR) is 60.5 cm³/mol. The number of carbonyl (C=O) groups excluding carboxylic acids is 2. The summed E-state index contributed by atoms with van der Waals surface area (Å²) in [4.78, 5) is 33.4. The molecule has 1 amide bonds. The number of pyridine rings is 1. The maximum atomic E-state index is 12.5. The van der Waals surface area contributed by atoms with Gasteiger partial charge in [-0.05, 0) is 13.0 Å². The Bertz CT molecular complexity index is 580. The van der Waals surface area contributed by atoms with E-state index in [4.69, 9.17) is 5.73 Å². The van der Waals surface area contributed by atoms with Gasteiger partial charge in [0.05, 0.1) is 5.56 Å². The van der Waals surface area contributed by atoms with Crippen molar-refractivity contribution in [3.8, 4) is 0 Å². The van der Waals surface area contributed by atoms with Crippen LogP contribution in [0.4, 0.5) is 13.2 Å². The van der Waals surface area contributed by atoms with Crippen molar-refractivity contribution in [2.45, 2.75) is 25.7 Å². The van der Waals surface area contributed by atoms with E-state index in [1.807, 2.05) is 0 Å². The molecule has 110 valence electrons. The number of nitrogens with zero attached hydrogens (tertiary/aromatic N) is 1. The van der Waals surface area contributed by atoms with E-state index < -0.39 is 41.8 Å². The molecule has 1 heterocycles. The lowest BCUT2D eigenvalue weighted by Crippen LogP contribution is -2.33. The molecule has 20 heavy (non-hydrogen) atoms. The number of halogens is 3. The Kier molecular flexibility index (Phi) is 4.53. The van der Waals surface area contributed by atoms with Gasteiger partial charge in [-0.15, -0.1) is 0 Å². The molecule has 0 aromatic carbocycles. The van der Waals surface area contributed by atoms with Gasteiger partial charge in [-0.1, -0.05) is 0 Å². The van der Waals surface area contributed by atoms with Crippen LogP contribution in [0.15, 0.2) is 23.1 Å². The normalized spacial score (nSPS) is 12.8. The van der Waals surface area contributed by atoms with Gasteiger partial charge in [0.2, 0.25) is 0 Å². The highest BCUT2D eigenvalue weighted by Crippen LogP contribution is 2.27. The van der Waals surface area contributed by atoms with Crippen LogP contribution in [0.3, 0.4) is 0 Å². The van der Waals surface area contributed by atoms with Crippen LogP contribution in [0.1, 0.15) is 12.5 Å². The zero-order valence-electron chi connectivity index (χ0n) is 10.3. The van der Waals surface area contributed by atoms with Gasteiger partial charge in [-0.25, -0.2) is 0 Å². The molecule has 2 N–H and O–H groups in total. The Labute approximate surface area is 110 Å². The Morgan fingerprint density at radius 1 is 1.40 bits per heavy atom. The highest BCUT2D eigenvalue weighted by Gasteiger charge is 2.31. The van der Waals surface area contributed by atoms with Gasteiger partial charge in [-0.2, -0.15) is 13.2 Å². The van der Waals surface area contributed by atoms with Gasteiger partial charge in [0.15, 0.2) is 6.10 Å². The molecule has 0 bridgehead atoms. The van der Waals surface area contributed by atoms with Crippen molar-refractivity contribution in [2.75, 3.05) is 0 Å². The highest BCUT2D eigenvalue weighted by atomic mass is 19.4. The minimum absolute atomic E-state index is 0.499. The predicted octanol–water partition coefficient (Wildman–Crippen LogP) is 0.284. The van der Waals surface area contributed by atoms with Crippen LogP contribution in [0.2, 0.25) is 0 Å². The van der Waals surface area contributed by atoms with Crippen molar-refractivity contribution >= 4 is 11.9 Å². The summed E-state index contributed by atoms with van der Waals surface area (Å²) in [6.07, 6.45) is -5.37. The second kappa shape index (κ2) is 5.76. The summed E-state index contributed by atoms with van der Waals surface area (Å²) in [5, 5.41) is 0. The second-order valence-corrected chi connectivity index (χ2v) is 3.92. The number of aromatic nitrogens is 1. The molecule has 0 saturated carbocycles. The van der Waals surface area contributed by atoms with Crippen molar-refractivity contribution in [1.82, 2.24) is 4.57 Å². The first-order valence-corrected chi connectivity index (χ1v) is 5.37. The summed E-state index contributed by atoms with van der Waals surface area (Å²) in [7, 11) is 0. The Hall–Kier alpha value is -2.32. The third-order valence-electron chi connectivity index (χ3n) is 2.32. The Morgan fingerprint density at radius 3 is 2.50 bits per heavy atom. The van der Waals surface area contributed by atoms with E-state index >= 15 is 0 Å². The maximum absolute atomic E-state index is 12.5. The molecule has 6 nitrogen and oxygen atoms in total. The molecule has 0 saturated heterocycles. The van der Waals surface area contributed by atoms with Crippen LogP contribution in [0, 0.1) is 0 Å². The van der Waals surface area contributed by atoms with Gasteiger partial charge < -0.3 is 15.0 Å². The third-order valence-corrected chi connectivity index (χ3v) is 2.32. The van der Waals surface area contributed by atoms with Gasteiger partial charge >= 0.3 is 12.1 Å². The quantitative estimate of drug-likeness (QED) is 0.807. The van der Waals surface area contributed by atoms with Crippen LogP contribution in [-0.2, 0) is 27.0 Å². The van der Waals surface area contributed by atoms with Crippen LogP contribution >= 0.6 is 0 Å². The minimum Gasteiger partial charge on any atom is -0.451 e. The molecule has 9 heteroatoms. The third kappa shape index (κ3) is 4.11. The van der Waals surface area contributed by atoms with Crippen LogP contribution in [0.5, 0.6) is 0 Å². The van der Waals surface area contributed by atoms with Gasteiger partial charge in [0.1, 0.15) is 6.54 Å². The van der Waals surface area contributed by atoms with E-state index in [1.54, 1.807) is 0 Å². The van der Waals surface area contributed by atoms with Crippen molar-refractivity contribution in [3.05, 3.63) is 34.2 Å². The van der Waals surface area contributed by atoms with Gasteiger partial charge in [-0.3, -0.25) is 14.4 Å². The molecular formula is C11H11F3N2O4. The first-order valence-electron chi connectivity index (χ1n) is 5.37. The SMILES string of the molecule is CC(OC(=O)Cn1cc(C(F)(F)F)ccc1=O)C(N)=O. The average Bonchev–Trinajstić information content (AvgIpc) is 2.30. The first-order chi connectivity index (χ1) is 9.11. The second-order valence-electron chi connectivity index (χ2n) is 3.92. The molecule has 0 spiro atoms. The maximum Gasteiger partial charge on any atom is 0.417 e. The summed E-state index contributed by atoms with van der Waals surface area (Å²) in [5.41, 5.74) is 2.98. The topological polar surface area (TPSA) is 91.4 Å². The number of ether oxygens (including phenoxy) is 1. The Morgan fingerprint density at radius 2 is 2.00 bits per heavy atom. The van der Waals surface area contributed by atoms with Crippen molar-refractivity contribution in [3.63, 3.8) is 0 Å². The van der Waals surface area contributed by atoms with Crippen molar-refractivity contribution in [1.29, 1.82) is 0 Å². The lowest BCUT2D eigenvalue weighted by molar-refractivity contribution is -0.154. The summed E-state index contributed by atoms with van der Waals surface area (Å²) >= 11 is 0. The van der Waals surface area contributed by atoms with E-state index in [2.05, 4.69) is 4.74 Å². The molecule has 0 aliphatic heterocycles. The fourth-order valence-corrected chi connectivity index (χ4v) is 1.25. The van der Waals surface area contributed by atoms with Gasteiger partial charge in [0, 0.05) is 12.3 Å². The largest absolute Gasteiger partial charge is 0.451 e. The smallest absolute Gasteiger partial charge is 0.417 e. The molecule has 0 radical (unpaired) electrons. The summed E-state index contributed by atoms with van der Waals surface area (Å²) in [5.74, 6) is -1.95. The zero-order chi connectivity index (χ0) is 15.5. The van der Waals surface area contributed by atoms with E-state index in [0.717, 1.165) is 0 Å². The number of carbonyl (C=O) groups is 2. The average molecular weight is 292 g/mol. The number of nitrogens with two attached hydrogens (primary N) is 1. The summed E-state index contributed by atoms with van der Waals surface area (Å²) < 4.78 is 42.5. The van der Waals surface area contributed by atoms with E-state index in [1.165, 1.54) is 6.92 Å². The van der Waals surface area contributed by atoms with Crippen molar-refractivity contribution < 1.29 is 27.5 Å². The van der Waals surface area contributed by atoms with E-state index in [-0.39, 0.29) is 0 Å². The van der Waals surface area contributed by atoms with E-state index in [9.17, 15) is 27.6 Å². The van der Waals surface area contributed by atoms with E-state index in [0.29, 0.717) is 22.9 Å². The number of primary amides is 1. The monoisotopic (exact) mass is 292 g/mol. The minimum atomic E-state index is -4.64. The van der Waals surface area contributed by atoms with Crippen molar-refractivity contribution in [2.24, 2.45) is 5.73 Å². The molecular weight excluding hydrogens is 281 g/mol. The number of hydrogen-bond acceptors (Lipinski definition) is 4. The fraction of sp³-hybridized carbons (Fsp3) is 0.364. The van der Waals surface area contributed by atoms with Gasteiger partial charge in [0.25, 0.3) is 11.5 Å². The molecule has 0 fully saturated rings. The summed E-state index contributed by atoms with van der Waals surface area (Å²) in [6, 6.07) is 1.30. The van der Waals surface area contributed by atoms with Crippen LogP contribution < -0.4 is 11.3 Å². The fourth-order valence-electron chi connectivity index (χ4n) is 1.25. The molecule has 1 aromatic rings. The number of alkyl halides is 3. The number of amides is 1. The number of rotatable bonds is 4. The first kappa shape index (κ1) is 15.7. The molecule has 1 unspecified atom stereocenters. The lowest BCUT2D eigenvalue weighted by Gasteiger charge is -2.12. The highest BCUT2D eigenvalue weighted by molar-refractivity contribution is 5.81. The standard InChI is InChI=1S/C11H11F3N2O4/c1-6(10(15)19)20-9(18)5-16-4-7(11(12,13)14)2-3-8(16)17/h2-4,6H,5H2,1H3,(H2,15,19). The molecule has 1 aromatic heterocycles. The molecule has 0 aliphatic rings. The van der Waals surface area contributed by atoms with Crippen LogP contribution in [-0.4, -0.2) is 22.5 Å². The molecule has 1 atom stereocenters. The Balaban J connectivity index is 2.90. The number of hydrogen-bond donors (Lipinski definition) is 1. The zero-order valence-corrected chi connectivity index (χ0v) is 10.3. The molecule has 0 aliphatic carbocycles. The molecule has 1 rings (SSSR count). The summed E-state index contributed by atoms with van der Waals surface area (Å²) in [6.45, 7) is 0.454. The van der Waals surface area contributed by atoms with Crippen LogP contribution in [0.25, 0.3) is 0 Å². The lowest BCUT2D eigenvalue weighted by atomic mass is 10.3.